The van der Waals surface area contributed by atoms with Gasteiger partial charge in [-0.25, -0.2) is 0 Å². The second kappa shape index (κ2) is 12.2. The molecule has 0 fully saturated rings. The molecule has 0 unspecified atom stereocenters. The van der Waals surface area contributed by atoms with Gasteiger partial charge in [0.15, 0.2) is 0 Å². The van der Waals surface area contributed by atoms with E-state index in [0.717, 1.165) is 17.1 Å². The van der Waals surface area contributed by atoms with Crippen molar-refractivity contribution in [3.63, 3.8) is 0 Å². The molecule has 0 aliphatic heterocycles. The van der Waals surface area contributed by atoms with Crippen molar-refractivity contribution in [3.8, 4) is 22.3 Å². The quantitative estimate of drug-likeness (QED) is 0.172. The summed E-state index contributed by atoms with van der Waals surface area (Å²) >= 11 is 3.74. The van der Waals surface area contributed by atoms with E-state index in [9.17, 15) is 0 Å². The minimum atomic E-state index is 1.12. The molecule has 0 radical (unpaired) electrons. The topological polar surface area (TPSA) is 3.24 Å². The summed E-state index contributed by atoms with van der Waals surface area (Å²) in [5, 5.41) is 10.4. The first-order valence-corrected chi connectivity index (χ1v) is 19.6. The third kappa shape index (κ3) is 5.04. The van der Waals surface area contributed by atoms with Gasteiger partial charge in [-0.1, -0.05) is 127 Å². The molecule has 0 aliphatic carbocycles. The van der Waals surface area contributed by atoms with E-state index in [-0.39, 0.29) is 0 Å². The molecule has 0 N–H and O–H groups in total. The van der Waals surface area contributed by atoms with Gasteiger partial charge in [-0.2, -0.15) is 0 Å². The molecule has 3 heteroatoms. The Morgan fingerprint density at radius 1 is 0.302 bits per heavy atom. The van der Waals surface area contributed by atoms with Gasteiger partial charge in [-0.15, -0.1) is 22.7 Å². The molecular weight excluding hydrogens is 679 g/mol. The fraction of sp³-hybridized carbons (Fsp3) is 0. The Hall–Kier alpha value is -6.26. The van der Waals surface area contributed by atoms with E-state index in [1.54, 1.807) is 0 Å². The summed E-state index contributed by atoms with van der Waals surface area (Å²) in [4.78, 5) is 2.39. The Bertz CT molecular complexity index is 3160. The van der Waals surface area contributed by atoms with E-state index in [1.165, 1.54) is 84.1 Å². The lowest BCUT2D eigenvalue weighted by Crippen LogP contribution is -2.09. The zero-order valence-electron chi connectivity index (χ0n) is 28.7. The molecule has 0 saturated carbocycles. The van der Waals surface area contributed by atoms with Gasteiger partial charge >= 0.3 is 0 Å². The first-order chi connectivity index (χ1) is 26.2. The summed E-state index contributed by atoms with van der Waals surface area (Å²) in [5.74, 6) is 0. The molecule has 0 aliphatic rings. The van der Waals surface area contributed by atoms with Gasteiger partial charge in [-0.3, -0.25) is 0 Å². The van der Waals surface area contributed by atoms with E-state index in [2.05, 4.69) is 193 Å². The average molecular weight is 710 g/mol. The minimum Gasteiger partial charge on any atom is -0.310 e. The first kappa shape index (κ1) is 30.4. The number of anilines is 3. The molecule has 9 aromatic carbocycles. The molecule has 11 rings (SSSR count). The average Bonchev–Trinajstić information content (AvgIpc) is 3.79. The van der Waals surface area contributed by atoms with Gasteiger partial charge in [0, 0.05) is 57.4 Å². The normalized spacial score (nSPS) is 11.8. The van der Waals surface area contributed by atoms with Crippen molar-refractivity contribution in [1.29, 1.82) is 0 Å². The highest BCUT2D eigenvalue weighted by molar-refractivity contribution is 7.26. The minimum absolute atomic E-state index is 1.12. The number of thiophene rings is 2. The fourth-order valence-electron chi connectivity index (χ4n) is 8.10. The summed E-state index contributed by atoms with van der Waals surface area (Å²) in [5.41, 5.74) is 8.30. The van der Waals surface area contributed by atoms with Crippen molar-refractivity contribution in [2.75, 3.05) is 4.90 Å². The van der Waals surface area contributed by atoms with Crippen molar-refractivity contribution in [2.24, 2.45) is 0 Å². The largest absolute Gasteiger partial charge is 0.310 e. The van der Waals surface area contributed by atoms with Crippen LogP contribution in [0.1, 0.15) is 0 Å². The molecule has 1 nitrogen and oxygen atoms in total. The van der Waals surface area contributed by atoms with Crippen LogP contribution in [0.5, 0.6) is 0 Å². The number of hydrogen-bond donors (Lipinski definition) is 0. The third-order valence-electron chi connectivity index (χ3n) is 10.7. The molecule has 0 atom stereocenters. The summed E-state index contributed by atoms with van der Waals surface area (Å²) in [7, 11) is 0. The lowest BCUT2D eigenvalue weighted by molar-refractivity contribution is 1.29. The highest BCUT2D eigenvalue weighted by atomic mass is 32.1. The zero-order chi connectivity index (χ0) is 34.9. The number of fused-ring (bicyclic) bond motifs is 9. The summed E-state index contributed by atoms with van der Waals surface area (Å²) < 4.78 is 5.28. The number of nitrogens with zero attached hydrogens (tertiary/aromatic N) is 1. The van der Waals surface area contributed by atoms with Gasteiger partial charge in [0.05, 0.1) is 0 Å². The molecule has 2 heterocycles. The summed E-state index contributed by atoms with van der Waals surface area (Å²) in [6.07, 6.45) is 0. The van der Waals surface area contributed by atoms with Crippen molar-refractivity contribution < 1.29 is 0 Å². The summed E-state index contributed by atoms with van der Waals surface area (Å²) in [6, 6.07) is 69.2. The van der Waals surface area contributed by atoms with Crippen LogP contribution in [-0.4, -0.2) is 0 Å². The highest BCUT2D eigenvalue weighted by Gasteiger charge is 2.17. The van der Waals surface area contributed by atoms with Gasteiger partial charge < -0.3 is 4.90 Å². The smallest absolute Gasteiger partial charge is 0.0468 e. The van der Waals surface area contributed by atoms with Crippen molar-refractivity contribution in [1.82, 2.24) is 0 Å². The predicted molar refractivity (Wildman–Crippen MR) is 233 cm³/mol. The van der Waals surface area contributed by atoms with Gasteiger partial charge in [0.1, 0.15) is 0 Å². The monoisotopic (exact) mass is 709 g/mol. The van der Waals surface area contributed by atoms with Crippen molar-refractivity contribution >= 4 is 102 Å². The summed E-state index contributed by atoms with van der Waals surface area (Å²) in [6.45, 7) is 0. The molecule has 11 aromatic rings. The van der Waals surface area contributed by atoms with Crippen LogP contribution in [0, 0.1) is 0 Å². The van der Waals surface area contributed by atoms with Crippen LogP contribution in [0.25, 0.3) is 84.1 Å². The van der Waals surface area contributed by atoms with Crippen LogP contribution in [0.4, 0.5) is 17.1 Å². The molecule has 0 amide bonds. The number of rotatable bonds is 5. The maximum atomic E-state index is 2.39. The second-order valence-electron chi connectivity index (χ2n) is 13.7. The molecule has 0 spiro atoms. The van der Waals surface area contributed by atoms with E-state index in [0.29, 0.717) is 0 Å². The van der Waals surface area contributed by atoms with Crippen molar-refractivity contribution in [3.05, 3.63) is 188 Å². The number of hydrogen-bond acceptors (Lipinski definition) is 3. The molecular formula is C50H31NS2. The SMILES string of the molecule is c1ccc2c(-c3ccc(N(c4ccc(-c5ccc6c(c5)sc5ccc7ccccc7c56)cc4)c4ccc5sc6ccccc6c5c4)cc3)cccc2c1. The van der Waals surface area contributed by atoms with Crippen LogP contribution >= 0.6 is 22.7 Å². The predicted octanol–water partition coefficient (Wildman–Crippen LogP) is 15.5. The first-order valence-electron chi connectivity index (χ1n) is 18.0. The second-order valence-corrected chi connectivity index (χ2v) is 15.9. The van der Waals surface area contributed by atoms with Crippen LogP contribution in [-0.2, 0) is 0 Å². The van der Waals surface area contributed by atoms with Crippen molar-refractivity contribution in [2.45, 2.75) is 0 Å². The Balaban J connectivity index is 1.01. The maximum absolute atomic E-state index is 2.39. The third-order valence-corrected chi connectivity index (χ3v) is 12.9. The van der Waals surface area contributed by atoms with E-state index < -0.39 is 0 Å². The van der Waals surface area contributed by atoms with Gasteiger partial charge in [0.25, 0.3) is 0 Å². The Labute approximate surface area is 315 Å². The van der Waals surface area contributed by atoms with Gasteiger partial charge in [-0.05, 0) is 104 Å². The Morgan fingerprint density at radius 3 is 1.70 bits per heavy atom. The highest BCUT2D eigenvalue weighted by Crippen LogP contribution is 2.43. The standard InChI is InChI=1S/C50H31NS2/c1-3-11-40-33(8-1)10-7-14-41(40)35-18-24-38(25-19-35)51(39-26-29-47-45(31-39)43-13-5-6-15-46(43)52-47)37-22-16-32(17-23-37)36-20-27-44-49(30-36)53-48-28-21-34-9-2-4-12-42(34)50(44)48/h1-31H. The zero-order valence-corrected chi connectivity index (χ0v) is 30.3. The Morgan fingerprint density at radius 2 is 0.887 bits per heavy atom. The van der Waals surface area contributed by atoms with Gasteiger partial charge in [0.2, 0.25) is 0 Å². The van der Waals surface area contributed by atoms with Crippen LogP contribution in [0.3, 0.4) is 0 Å². The van der Waals surface area contributed by atoms with Crippen LogP contribution in [0.15, 0.2) is 188 Å². The van der Waals surface area contributed by atoms with E-state index >= 15 is 0 Å². The molecule has 248 valence electrons. The molecule has 2 aromatic heterocycles. The van der Waals surface area contributed by atoms with E-state index in [4.69, 9.17) is 0 Å². The molecule has 0 bridgehead atoms. The molecule has 53 heavy (non-hydrogen) atoms. The fourth-order valence-corrected chi connectivity index (χ4v) is 10.3. The number of benzene rings is 9. The Kier molecular flexibility index (Phi) is 6.97. The molecule has 0 saturated heterocycles. The van der Waals surface area contributed by atoms with Crippen LogP contribution < -0.4 is 4.90 Å². The van der Waals surface area contributed by atoms with E-state index in [1.807, 2.05) is 22.7 Å². The van der Waals surface area contributed by atoms with Crippen LogP contribution in [0.2, 0.25) is 0 Å². The maximum Gasteiger partial charge on any atom is 0.0468 e. The lowest BCUT2D eigenvalue weighted by atomic mass is 9.98. The lowest BCUT2D eigenvalue weighted by Gasteiger charge is -2.26.